The Morgan fingerprint density at radius 2 is 1.86 bits per heavy atom. The normalized spacial score (nSPS) is 17.3. The average Bonchev–Trinajstić information content (AvgIpc) is 2.68. The summed E-state index contributed by atoms with van der Waals surface area (Å²) in [6.45, 7) is 0.538. The highest BCUT2D eigenvalue weighted by molar-refractivity contribution is 6.33. The molecule has 8 heteroatoms. The van der Waals surface area contributed by atoms with Crippen molar-refractivity contribution in [3.63, 3.8) is 0 Å². The van der Waals surface area contributed by atoms with E-state index in [1.165, 1.54) is 17.0 Å². The van der Waals surface area contributed by atoms with Crippen molar-refractivity contribution in [2.24, 2.45) is 5.92 Å². The molecule has 28 heavy (non-hydrogen) atoms. The van der Waals surface area contributed by atoms with Crippen molar-refractivity contribution in [3.05, 3.63) is 64.7 Å². The highest BCUT2D eigenvalue weighted by atomic mass is 35.5. The van der Waals surface area contributed by atoms with Gasteiger partial charge in [0.15, 0.2) is 0 Å². The van der Waals surface area contributed by atoms with Gasteiger partial charge in [0.1, 0.15) is 0 Å². The van der Waals surface area contributed by atoms with Crippen LogP contribution in [0, 0.1) is 5.92 Å². The van der Waals surface area contributed by atoms with Gasteiger partial charge in [-0.25, -0.2) is 0 Å². The summed E-state index contributed by atoms with van der Waals surface area (Å²) in [4.78, 5) is 26.6. The van der Waals surface area contributed by atoms with E-state index in [1.807, 2.05) is 0 Å². The molecule has 2 aromatic carbocycles. The molecule has 1 aliphatic rings. The van der Waals surface area contributed by atoms with E-state index < -0.39 is 23.6 Å². The van der Waals surface area contributed by atoms with E-state index in [2.05, 4.69) is 5.32 Å². The molecule has 1 unspecified atom stereocenters. The van der Waals surface area contributed by atoms with Crippen LogP contribution < -0.4 is 5.32 Å². The molecule has 4 nitrogen and oxygen atoms in total. The van der Waals surface area contributed by atoms with E-state index in [0.29, 0.717) is 30.1 Å². The van der Waals surface area contributed by atoms with Crippen LogP contribution in [0.15, 0.2) is 48.5 Å². The van der Waals surface area contributed by atoms with Gasteiger partial charge < -0.3 is 10.2 Å². The minimum atomic E-state index is -4.52. The van der Waals surface area contributed by atoms with Crippen molar-refractivity contribution in [1.29, 1.82) is 0 Å². The molecular weight excluding hydrogens is 393 g/mol. The summed E-state index contributed by atoms with van der Waals surface area (Å²) in [5.74, 6) is -1.24. The number of rotatable bonds is 3. The summed E-state index contributed by atoms with van der Waals surface area (Å²) in [6, 6.07) is 11.1. The zero-order chi connectivity index (χ0) is 20.3. The van der Waals surface area contributed by atoms with Gasteiger partial charge in [0.2, 0.25) is 5.91 Å². The van der Waals surface area contributed by atoms with Crippen molar-refractivity contribution in [2.75, 3.05) is 18.4 Å². The largest absolute Gasteiger partial charge is 0.416 e. The molecule has 1 N–H and O–H groups in total. The molecular formula is C20H18ClF3N2O2. The third-order valence-corrected chi connectivity index (χ3v) is 4.98. The molecule has 0 aliphatic carbocycles. The first kappa shape index (κ1) is 20.2. The molecule has 1 aliphatic heterocycles. The van der Waals surface area contributed by atoms with Crippen LogP contribution in [0.25, 0.3) is 0 Å². The van der Waals surface area contributed by atoms with Crippen molar-refractivity contribution in [2.45, 2.75) is 19.0 Å². The number of carbonyl (C=O) groups excluding carboxylic acids is 2. The van der Waals surface area contributed by atoms with E-state index in [0.717, 1.165) is 12.1 Å². The Labute approximate surface area is 165 Å². The number of halogens is 4. The molecule has 0 aromatic heterocycles. The van der Waals surface area contributed by atoms with Crippen LogP contribution in [0.2, 0.25) is 5.02 Å². The molecule has 1 heterocycles. The first-order valence-corrected chi connectivity index (χ1v) is 9.15. The van der Waals surface area contributed by atoms with E-state index >= 15 is 0 Å². The number of amides is 2. The fraction of sp³-hybridized carbons (Fsp3) is 0.300. The monoisotopic (exact) mass is 410 g/mol. The first-order chi connectivity index (χ1) is 13.3. The summed E-state index contributed by atoms with van der Waals surface area (Å²) in [7, 11) is 0. The Bertz CT molecular complexity index is 886. The van der Waals surface area contributed by atoms with Crippen molar-refractivity contribution in [1.82, 2.24) is 4.90 Å². The summed E-state index contributed by atoms with van der Waals surface area (Å²) in [6.07, 6.45) is -3.34. The number of hydrogen-bond donors (Lipinski definition) is 1. The zero-order valence-corrected chi connectivity index (χ0v) is 15.6. The maximum atomic E-state index is 12.9. The summed E-state index contributed by atoms with van der Waals surface area (Å²) in [5.41, 5.74) is -0.430. The second kappa shape index (κ2) is 8.22. The average molecular weight is 411 g/mol. The topological polar surface area (TPSA) is 49.4 Å². The van der Waals surface area contributed by atoms with Gasteiger partial charge >= 0.3 is 6.18 Å². The van der Waals surface area contributed by atoms with Crippen molar-refractivity contribution >= 4 is 29.1 Å². The van der Waals surface area contributed by atoms with Gasteiger partial charge in [0, 0.05) is 18.7 Å². The summed E-state index contributed by atoms with van der Waals surface area (Å²) >= 11 is 6.05. The van der Waals surface area contributed by atoms with Crippen molar-refractivity contribution in [3.8, 4) is 0 Å². The van der Waals surface area contributed by atoms with E-state index in [1.54, 1.807) is 24.3 Å². The standard InChI is InChI=1S/C20H18ClF3N2O2/c21-16-8-1-2-9-17(16)25-18(27)14-6-4-10-26(12-14)19(28)13-5-3-7-15(11-13)20(22,23)24/h1-3,5,7-9,11,14H,4,6,10,12H2,(H,25,27). The summed E-state index contributed by atoms with van der Waals surface area (Å²) in [5, 5.41) is 3.16. The lowest BCUT2D eigenvalue weighted by Gasteiger charge is -2.32. The third kappa shape index (κ3) is 4.65. The van der Waals surface area contributed by atoms with Gasteiger partial charge in [-0.05, 0) is 43.2 Å². The van der Waals surface area contributed by atoms with Crippen LogP contribution in [0.5, 0.6) is 0 Å². The molecule has 1 atom stereocenters. The number of likely N-dealkylation sites (tertiary alicyclic amines) is 1. The van der Waals surface area contributed by atoms with E-state index in [9.17, 15) is 22.8 Å². The molecule has 1 fully saturated rings. The predicted octanol–water partition coefficient (Wildman–Crippen LogP) is 4.85. The van der Waals surface area contributed by atoms with Crippen LogP contribution in [0.3, 0.4) is 0 Å². The van der Waals surface area contributed by atoms with Crippen LogP contribution >= 0.6 is 11.6 Å². The van der Waals surface area contributed by atoms with Crippen LogP contribution in [0.4, 0.5) is 18.9 Å². The fourth-order valence-electron chi connectivity index (χ4n) is 3.18. The molecule has 0 saturated carbocycles. The first-order valence-electron chi connectivity index (χ1n) is 8.77. The second-order valence-electron chi connectivity index (χ2n) is 6.64. The van der Waals surface area contributed by atoms with Crippen LogP contribution in [-0.4, -0.2) is 29.8 Å². The van der Waals surface area contributed by atoms with Gasteiger partial charge in [-0.3, -0.25) is 9.59 Å². The molecule has 0 spiro atoms. The predicted molar refractivity (Wildman–Crippen MR) is 100 cm³/mol. The molecule has 3 rings (SSSR count). The minimum Gasteiger partial charge on any atom is -0.338 e. The Kier molecular flexibility index (Phi) is 5.93. The smallest absolute Gasteiger partial charge is 0.338 e. The molecule has 0 radical (unpaired) electrons. The highest BCUT2D eigenvalue weighted by Gasteiger charge is 2.33. The molecule has 2 amide bonds. The lowest BCUT2D eigenvalue weighted by atomic mass is 9.96. The maximum Gasteiger partial charge on any atom is 0.416 e. The molecule has 2 aromatic rings. The molecule has 148 valence electrons. The lowest BCUT2D eigenvalue weighted by molar-refractivity contribution is -0.137. The number of alkyl halides is 3. The van der Waals surface area contributed by atoms with Gasteiger partial charge in [-0.2, -0.15) is 13.2 Å². The third-order valence-electron chi connectivity index (χ3n) is 4.65. The number of carbonyl (C=O) groups is 2. The number of piperidine rings is 1. The quantitative estimate of drug-likeness (QED) is 0.786. The highest BCUT2D eigenvalue weighted by Crippen LogP contribution is 2.30. The number of hydrogen-bond acceptors (Lipinski definition) is 2. The Balaban J connectivity index is 1.70. The molecule has 1 saturated heterocycles. The second-order valence-corrected chi connectivity index (χ2v) is 7.05. The Morgan fingerprint density at radius 3 is 2.57 bits per heavy atom. The Morgan fingerprint density at radius 1 is 1.11 bits per heavy atom. The van der Waals surface area contributed by atoms with Gasteiger partial charge in [0.05, 0.1) is 22.2 Å². The van der Waals surface area contributed by atoms with Crippen molar-refractivity contribution < 1.29 is 22.8 Å². The summed E-state index contributed by atoms with van der Waals surface area (Å²) < 4.78 is 38.7. The van der Waals surface area contributed by atoms with Gasteiger partial charge in [0.25, 0.3) is 5.91 Å². The van der Waals surface area contributed by atoms with Crippen LogP contribution in [-0.2, 0) is 11.0 Å². The minimum absolute atomic E-state index is 0.0398. The van der Waals surface area contributed by atoms with E-state index in [-0.39, 0.29) is 18.0 Å². The van der Waals surface area contributed by atoms with Crippen LogP contribution in [0.1, 0.15) is 28.8 Å². The number of nitrogens with one attached hydrogen (secondary N) is 1. The number of anilines is 1. The molecule has 0 bridgehead atoms. The number of nitrogens with zero attached hydrogens (tertiary/aromatic N) is 1. The van der Waals surface area contributed by atoms with Gasteiger partial charge in [-0.15, -0.1) is 0 Å². The number of benzene rings is 2. The SMILES string of the molecule is O=C(Nc1ccccc1Cl)C1CCCN(C(=O)c2cccc(C(F)(F)F)c2)C1. The van der Waals surface area contributed by atoms with Gasteiger partial charge in [-0.1, -0.05) is 29.8 Å². The van der Waals surface area contributed by atoms with E-state index in [4.69, 9.17) is 11.6 Å². The lowest BCUT2D eigenvalue weighted by Crippen LogP contribution is -2.43. The number of para-hydroxylation sites is 1. The Hall–Kier alpha value is -2.54. The zero-order valence-electron chi connectivity index (χ0n) is 14.8. The maximum absolute atomic E-state index is 12.9. The fourth-order valence-corrected chi connectivity index (χ4v) is 3.37.